The van der Waals surface area contributed by atoms with Crippen LogP contribution in [0.4, 0.5) is 0 Å². The molecule has 0 spiro atoms. The van der Waals surface area contributed by atoms with Crippen LogP contribution in [-0.2, 0) is 16.0 Å². The molecule has 0 heterocycles. The molecule has 0 saturated heterocycles. The summed E-state index contributed by atoms with van der Waals surface area (Å²) in [6.45, 7) is 5.53. The third-order valence-corrected chi connectivity index (χ3v) is 3.38. The molecular formula is C15H21NO3. The van der Waals surface area contributed by atoms with Crippen LogP contribution in [-0.4, -0.2) is 23.0 Å². The van der Waals surface area contributed by atoms with E-state index in [2.05, 4.69) is 5.32 Å². The van der Waals surface area contributed by atoms with Crippen molar-refractivity contribution in [3.63, 3.8) is 0 Å². The zero-order valence-electron chi connectivity index (χ0n) is 11.6. The minimum atomic E-state index is -1.01. The van der Waals surface area contributed by atoms with Gasteiger partial charge in [0.25, 0.3) is 0 Å². The van der Waals surface area contributed by atoms with Crippen molar-refractivity contribution in [3.8, 4) is 0 Å². The molecule has 0 aromatic heterocycles. The lowest BCUT2D eigenvalue weighted by Crippen LogP contribution is -2.47. The third-order valence-electron chi connectivity index (χ3n) is 3.38. The van der Waals surface area contributed by atoms with Crippen LogP contribution in [0.3, 0.4) is 0 Å². The van der Waals surface area contributed by atoms with Crippen molar-refractivity contribution in [1.82, 2.24) is 5.32 Å². The minimum absolute atomic E-state index is 0.224. The highest BCUT2D eigenvalue weighted by atomic mass is 16.4. The van der Waals surface area contributed by atoms with Crippen molar-refractivity contribution >= 4 is 11.9 Å². The Morgan fingerprint density at radius 3 is 2.32 bits per heavy atom. The number of hydrogen-bond acceptors (Lipinski definition) is 2. The molecule has 4 nitrogen and oxygen atoms in total. The van der Waals surface area contributed by atoms with Crippen LogP contribution in [0.25, 0.3) is 0 Å². The van der Waals surface area contributed by atoms with Crippen LogP contribution in [0.2, 0.25) is 0 Å². The summed E-state index contributed by atoms with van der Waals surface area (Å²) < 4.78 is 0. The second-order valence-corrected chi connectivity index (χ2v) is 5.29. The first-order valence-corrected chi connectivity index (χ1v) is 6.44. The fourth-order valence-electron chi connectivity index (χ4n) is 1.56. The fraction of sp³-hybridized carbons (Fsp3) is 0.467. The molecular weight excluding hydrogens is 242 g/mol. The largest absolute Gasteiger partial charge is 0.480 e. The van der Waals surface area contributed by atoms with Gasteiger partial charge in [-0.15, -0.1) is 0 Å². The molecule has 0 aliphatic carbocycles. The Hall–Kier alpha value is -1.84. The summed E-state index contributed by atoms with van der Waals surface area (Å²) in [4.78, 5) is 23.3. The van der Waals surface area contributed by atoms with Gasteiger partial charge in [0.2, 0.25) is 5.91 Å². The van der Waals surface area contributed by atoms with Crippen molar-refractivity contribution in [2.24, 2.45) is 5.41 Å². The summed E-state index contributed by atoms with van der Waals surface area (Å²) in [7, 11) is 0. The van der Waals surface area contributed by atoms with Gasteiger partial charge in [0.05, 0.1) is 0 Å². The Morgan fingerprint density at radius 2 is 1.84 bits per heavy atom. The van der Waals surface area contributed by atoms with Crippen molar-refractivity contribution in [3.05, 3.63) is 35.9 Å². The molecule has 0 radical (unpaired) electrons. The van der Waals surface area contributed by atoms with Gasteiger partial charge in [-0.3, -0.25) is 4.79 Å². The van der Waals surface area contributed by atoms with Crippen molar-refractivity contribution in [2.45, 2.75) is 39.7 Å². The first kappa shape index (κ1) is 15.2. The highest BCUT2D eigenvalue weighted by molar-refractivity contribution is 5.87. The van der Waals surface area contributed by atoms with Gasteiger partial charge >= 0.3 is 5.97 Å². The quantitative estimate of drug-likeness (QED) is 0.827. The average Bonchev–Trinajstić information content (AvgIpc) is 2.38. The Labute approximate surface area is 113 Å². The zero-order chi connectivity index (χ0) is 14.5. The molecule has 0 bridgehead atoms. The SMILES string of the molecule is CCC(C)(C)C(=O)N[C@@H](Cc1ccccc1)C(=O)O. The molecule has 19 heavy (non-hydrogen) atoms. The topological polar surface area (TPSA) is 66.4 Å². The van der Waals surface area contributed by atoms with Crippen molar-refractivity contribution in [2.75, 3.05) is 0 Å². The molecule has 4 heteroatoms. The Morgan fingerprint density at radius 1 is 1.26 bits per heavy atom. The second-order valence-electron chi connectivity index (χ2n) is 5.29. The number of amides is 1. The fourth-order valence-corrected chi connectivity index (χ4v) is 1.56. The van der Waals surface area contributed by atoms with Crippen LogP contribution >= 0.6 is 0 Å². The normalized spacial score (nSPS) is 12.8. The molecule has 1 aromatic rings. The first-order chi connectivity index (χ1) is 8.86. The number of rotatable bonds is 6. The Balaban J connectivity index is 2.75. The molecule has 104 valence electrons. The maximum atomic E-state index is 12.0. The summed E-state index contributed by atoms with van der Waals surface area (Å²) in [5.41, 5.74) is 0.342. The molecule has 0 aliphatic rings. The van der Waals surface area contributed by atoms with Crippen LogP contribution < -0.4 is 5.32 Å². The first-order valence-electron chi connectivity index (χ1n) is 6.44. The van der Waals surface area contributed by atoms with Gasteiger partial charge in [0, 0.05) is 11.8 Å². The summed E-state index contributed by atoms with van der Waals surface area (Å²) in [5, 5.41) is 11.8. The number of benzene rings is 1. The van der Waals surface area contributed by atoms with E-state index in [0.717, 1.165) is 5.56 Å². The van der Waals surface area contributed by atoms with Gasteiger partial charge in [-0.2, -0.15) is 0 Å². The van der Waals surface area contributed by atoms with E-state index in [-0.39, 0.29) is 5.91 Å². The van der Waals surface area contributed by atoms with E-state index in [4.69, 9.17) is 0 Å². The predicted molar refractivity (Wildman–Crippen MR) is 73.8 cm³/mol. The van der Waals surface area contributed by atoms with Crippen LogP contribution in [0.5, 0.6) is 0 Å². The van der Waals surface area contributed by atoms with Gasteiger partial charge in [-0.25, -0.2) is 4.79 Å². The maximum absolute atomic E-state index is 12.0. The van der Waals surface area contributed by atoms with Gasteiger partial charge in [0.15, 0.2) is 0 Å². The molecule has 0 aliphatic heterocycles. The number of hydrogen-bond donors (Lipinski definition) is 2. The number of carbonyl (C=O) groups excluding carboxylic acids is 1. The lowest BCUT2D eigenvalue weighted by Gasteiger charge is -2.24. The van der Waals surface area contributed by atoms with Gasteiger partial charge < -0.3 is 10.4 Å². The highest BCUT2D eigenvalue weighted by Crippen LogP contribution is 2.20. The van der Waals surface area contributed by atoms with Crippen molar-refractivity contribution < 1.29 is 14.7 Å². The Kier molecular flexibility index (Phi) is 5.10. The smallest absolute Gasteiger partial charge is 0.326 e. The monoisotopic (exact) mass is 263 g/mol. The van der Waals surface area contributed by atoms with E-state index in [1.165, 1.54) is 0 Å². The molecule has 0 fully saturated rings. The van der Waals surface area contributed by atoms with E-state index >= 15 is 0 Å². The van der Waals surface area contributed by atoms with E-state index in [9.17, 15) is 14.7 Å². The minimum Gasteiger partial charge on any atom is -0.480 e. The molecule has 0 saturated carbocycles. The van der Waals surface area contributed by atoms with E-state index in [1.54, 1.807) is 0 Å². The van der Waals surface area contributed by atoms with E-state index in [1.807, 2.05) is 51.1 Å². The van der Waals surface area contributed by atoms with E-state index in [0.29, 0.717) is 12.8 Å². The number of aliphatic carboxylic acids is 1. The predicted octanol–water partition coefficient (Wildman–Crippen LogP) is 2.23. The van der Waals surface area contributed by atoms with Crippen LogP contribution in [0, 0.1) is 5.41 Å². The molecule has 0 unspecified atom stereocenters. The highest BCUT2D eigenvalue weighted by Gasteiger charge is 2.29. The number of carbonyl (C=O) groups is 2. The lowest BCUT2D eigenvalue weighted by molar-refractivity contribution is -0.143. The maximum Gasteiger partial charge on any atom is 0.326 e. The summed E-state index contributed by atoms with van der Waals surface area (Å²) >= 11 is 0. The number of carboxylic acids is 1. The summed E-state index contributed by atoms with van der Waals surface area (Å²) in [6.07, 6.45) is 0.957. The summed E-state index contributed by atoms with van der Waals surface area (Å²) in [6, 6.07) is 8.40. The molecule has 1 rings (SSSR count). The molecule has 1 aromatic carbocycles. The molecule has 2 N–H and O–H groups in total. The van der Waals surface area contributed by atoms with Gasteiger partial charge in [-0.05, 0) is 12.0 Å². The van der Waals surface area contributed by atoms with E-state index < -0.39 is 17.4 Å². The standard InChI is InChI=1S/C15H21NO3/c1-4-15(2,3)14(19)16-12(13(17)18)10-11-8-6-5-7-9-11/h5-9,12H,4,10H2,1-3H3,(H,16,19)(H,17,18)/t12-/m0/s1. The van der Waals surface area contributed by atoms with Gasteiger partial charge in [-0.1, -0.05) is 51.1 Å². The van der Waals surface area contributed by atoms with Crippen LogP contribution in [0.15, 0.2) is 30.3 Å². The average molecular weight is 263 g/mol. The lowest BCUT2D eigenvalue weighted by atomic mass is 9.88. The Bertz CT molecular complexity index is 440. The van der Waals surface area contributed by atoms with Gasteiger partial charge in [0.1, 0.15) is 6.04 Å². The van der Waals surface area contributed by atoms with Crippen molar-refractivity contribution in [1.29, 1.82) is 0 Å². The molecule has 1 amide bonds. The van der Waals surface area contributed by atoms with Crippen LogP contribution in [0.1, 0.15) is 32.8 Å². The number of nitrogens with one attached hydrogen (secondary N) is 1. The summed E-state index contributed by atoms with van der Waals surface area (Å²) in [5.74, 6) is -1.23. The third kappa shape index (κ3) is 4.39. The zero-order valence-corrected chi connectivity index (χ0v) is 11.6. The second kappa shape index (κ2) is 6.36. The number of carboxylic acid groups (broad SMARTS) is 1. The molecule has 1 atom stereocenters.